The number of amides is 1. The Morgan fingerprint density at radius 3 is 2.56 bits per heavy atom. The van der Waals surface area contributed by atoms with Gasteiger partial charge in [0.2, 0.25) is 0 Å². The number of sulfonamides is 1. The van der Waals surface area contributed by atoms with Gasteiger partial charge in [0.1, 0.15) is 5.01 Å². The number of benzene rings is 1. The van der Waals surface area contributed by atoms with E-state index in [2.05, 4.69) is 20.0 Å². The Morgan fingerprint density at radius 1 is 1.18 bits per heavy atom. The molecule has 0 fully saturated rings. The molecule has 2 aromatic heterocycles. The predicted molar refractivity (Wildman–Crippen MR) is 130 cm³/mol. The molecule has 182 valence electrons. The van der Waals surface area contributed by atoms with Crippen LogP contribution < -0.4 is 10.0 Å². The van der Waals surface area contributed by atoms with Gasteiger partial charge in [0.15, 0.2) is 16.9 Å². The molecule has 0 spiro atoms. The highest BCUT2D eigenvalue weighted by molar-refractivity contribution is 7.89. The number of fused-ring (bicyclic) bond motifs is 1. The van der Waals surface area contributed by atoms with E-state index < -0.39 is 46.0 Å². The zero-order valence-corrected chi connectivity index (χ0v) is 21.3. The molecule has 0 bridgehead atoms. The summed E-state index contributed by atoms with van der Waals surface area (Å²) in [7, 11) is -3.94. The van der Waals surface area contributed by atoms with E-state index in [1.807, 2.05) is 45.9 Å². The number of ketones is 1. The number of nitrogens with zero attached hydrogens (tertiary/aromatic N) is 2. The number of hydrogen-bond donors (Lipinski definition) is 2. The summed E-state index contributed by atoms with van der Waals surface area (Å²) in [6.07, 6.45) is -0.0894. The van der Waals surface area contributed by atoms with E-state index in [4.69, 9.17) is 4.74 Å². The molecule has 2 heterocycles. The first-order chi connectivity index (χ1) is 15.9. The van der Waals surface area contributed by atoms with Crippen molar-refractivity contribution in [1.29, 1.82) is 0 Å². The van der Waals surface area contributed by atoms with E-state index in [-0.39, 0.29) is 5.03 Å². The van der Waals surface area contributed by atoms with Crippen LogP contribution in [0.1, 0.15) is 44.4 Å². The maximum atomic E-state index is 12.6. The number of rotatable bonds is 8. The molecule has 1 aromatic carbocycles. The third kappa shape index (κ3) is 6.37. The lowest BCUT2D eigenvalue weighted by atomic mass is 9.89. The number of aromatic nitrogens is 2. The smallest absolute Gasteiger partial charge is 0.408 e. The summed E-state index contributed by atoms with van der Waals surface area (Å²) in [5.74, 6) is -0.528. The Hall–Kier alpha value is -2.89. The molecule has 3 rings (SSSR count). The highest BCUT2D eigenvalue weighted by Crippen LogP contribution is 2.39. The average molecular weight is 505 g/mol. The van der Waals surface area contributed by atoms with Crippen LogP contribution in [-0.2, 0) is 19.6 Å². The van der Waals surface area contributed by atoms with Crippen molar-refractivity contribution in [2.24, 2.45) is 5.41 Å². The van der Waals surface area contributed by atoms with Crippen LogP contribution in [0.5, 0.6) is 0 Å². The summed E-state index contributed by atoms with van der Waals surface area (Å²) in [6, 6.07) is 9.42. The van der Waals surface area contributed by atoms with Gasteiger partial charge in [-0.05, 0) is 43.7 Å². The highest BCUT2D eigenvalue weighted by Gasteiger charge is 2.33. The lowest BCUT2D eigenvalue weighted by Gasteiger charge is -2.29. The first-order valence-electron chi connectivity index (χ1n) is 10.6. The molecule has 0 aliphatic rings. The molecule has 1 amide bonds. The van der Waals surface area contributed by atoms with Crippen LogP contribution >= 0.6 is 11.3 Å². The monoisotopic (exact) mass is 504 g/mol. The minimum Gasteiger partial charge on any atom is -0.438 e. The van der Waals surface area contributed by atoms with Gasteiger partial charge in [0, 0.05) is 11.6 Å². The second-order valence-electron chi connectivity index (χ2n) is 9.00. The molecular weight excluding hydrogens is 476 g/mol. The number of nitrogens with one attached hydrogen (secondary N) is 2. The maximum Gasteiger partial charge on any atom is 0.408 e. The SMILES string of the molecule is Cc1ccc2sc([C@@H](OC(=O)N[C@@H](C)C(=O)CNS(=O)(=O)c3ccccn3)C(C)(C)C)nc2c1. The molecule has 0 saturated heterocycles. The summed E-state index contributed by atoms with van der Waals surface area (Å²) in [4.78, 5) is 33.5. The quantitative estimate of drug-likeness (QED) is 0.478. The third-order valence-electron chi connectivity index (χ3n) is 4.96. The largest absolute Gasteiger partial charge is 0.438 e. The molecular formula is C23H28N4O5S2. The predicted octanol–water partition coefficient (Wildman–Crippen LogP) is 3.75. The van der Waals surface area contributed by atoms with Crippen LogP contribution in [-0.4, -0.2) is 42.8 Å². The van der Waals surface area contributed by atoms with Crippen molar-refractivity contribution in [2.75, 3.05) is 6.54 Å². The standard InChI is InChI=1S/C23H28N4O5S2/c1-14-9-10-18-16(12-14)27-21(33-18)20(23(3,4)5)32-22(29)26-15(2)17(28)13-25-34(30,31)19-8-6-7-11-24-19/h6-12,15,20,25H,13H2,1-5H3,(H,26,29)/t15-,20+/m0/s1. The summed E-state index contributed by atoms with van der Waals surface area (Å²) < 4.78 is 33.4. The van der Waals surface area contributed by atoms with Gasteiger partial charge in [-0.2, -0.15) is 0 Å². The fraction of sp³-hybridized carbons (Fsp3) is 0.391. The zero-order valence-electron chi connectivity index (χ0n) is 19.7. The molecule has 2 N–H and O–H groups in total. The van der Waals surface area contributed by atoms with Crippen molar-refractivity contribution >= 4 is 43.5 Å². The fourth-order valence-corrected chi connectivity index (χ4v) is 5.22. The van der Waals surface area contributed by atoms with E-state index in [9.17, 15) is 18.0 Å². The Labute approximate surface area is 203 Å². The number of aryl methyl sites for hydroxylation is 1. The topological polar surface area (TPSA) is 127 Å². The number of hydrogen-bond acceptors (Lipinski definition) is 8. The molecule has 9 nitrogen and oxygen atoms in total. The number of carbonyl (C=O) groups excluding carboxylic acids is 2. The fourth-order valence-electron chi connectivity index (χ4n) is 3.06. The summed E-state index contributed by atoms with van der Waals surface area (Å²) >= 11 is 1.45. The van der Waals surface area contributed by atoms with Crippen LogP contribution in [0.4, 0.5) is 4.79 Å². The first-order valence-corrected chi connectivity index (χ1v) is 12.9. The second kappa shape index (κ2) is 10.2. The van der Waals surface area contributed by atoms with E-state index in [1.165, 1.54) is 36.6 Å². The van der Waals surface area contributed by atoms with Crippen molar-refractivity contribution in [1.82, 2.24) is 20.0 Å². The van der Waals surface area contributed by atoms with Crippen LogP contribution in [0.15, 0.2) is 47.6 Å². The van der Waals surface area contributed by atoms with Gasteiger partial charge in [-0.25, -0.2) is 27.9 Å². The van der Waals surface area contributed by atoms with Gasteiger partial charge in [-0.3, -0.25) is 4.79 Å². The molecule has 0 aliphatic carbocycles. The van der Waals surface area contributed by atoms with Crippen LogP contribution in [0.25, 0.3) is 10.2 Å². The van der Waals surface area contributed by atoms with E-state index in [1.54, 1.807) is 6.07 Å². The average Bonchev–Trinajstić information content (AvgIpc) is 3.18. The summed E-state index contributed by atoms with van der Waals surface area (Å²) in [5, 5.41) is 2.95. The van der Waals surface area contributed by atoms with Gasteiger partial charge in [0.05, 0.1) is 22.8 Å². The van der Waals surface area contributed by atoms with Crippen molar-refractivity contribution in [3.8, 4) is 0 Å². The number of pyridine rings is 1. The van der Waals surface area contributed by atoms with Crippen molar-refractivity contribution in [3.63, 3.8) is 0 Å². The Bertz CT molecular complexity index is 1280. The zero-order chi connectivity index (χ0) is 25.1. The lowest BCUT2D eigenvalue weighted by Crippen LogP contribution is -2.44. The van der Waals surface area contributed by atoms with Gasteiger partial charge in [0.25, 0.3) is 10.0 Å². The molecule has 0 aliphatic heterocycles. The Balaban J connectivity index is 1.64. The Kier molecular flexibility index (Phi) is 7.69. The normalized spacial score (nSPS) is 13.9. The molecule has 0 unspecified atom stereocenters. The minimum atomic E-state index is -3.94. The number of Topliss-reactive ketones (excluding diaryl/α,β-unsaturated/α-hetero) is 1. The molecule has 0 saturated carbocycles. The molecule has 34 heavy (non-hydrogen) atoms. The highest BCUT2D eigenvalue weighted by atomic mass is 32.2. The van der Waals surface area contributed by atoms with E-state index >= 15 is 0 Å². The molecule has 0 radical (unpaired) electrons. The van der Waals surface area contributed by atoms with Gasteiger partial charge >= 0.3 is 6.09 Å². The summed E-state index contributed by atoms with van der Waals surface area (Å²) in [5.41, 5.74) is 1.47. The Morgan fingerprint density at radius 2 is 1.91 bits per heavy atom. The van der Waals surface area contributed by atoms with Crippen LogP contribution in [0.2, 0.25) is 0 Å². The van der Waals surface area contributed by atoms with Crippen LogP contribution in [0.3, 0.4) is 0 Å². The number of thiazole rings is 1. The molecule has 11 heteroatoms. The molecule has 3 aromatic rings. The molecule has 2 atom stereocenters. The van der Waals surface area contributed by atoms with Crippen molar-refractivity contribution < 1.29 is 22.7 Å². The first kappa shape index (κ1) is 25.7. The number of alkyl carbamates (subject to hydrolysis) is 1. The summed E-state index contributed by atoms with van der Waals surface area (Å²) in [6.45, 7) is 8.75. The third-order valence-corrected chi connectivity index (χ3v) is 7.36. The number of carbonyl (C=O) groups is 2. The maximum absolute atomic E-state index is 12.6. The van der Waals surface area contributed by atoms with E-state index in [0.29, 0.717) is 5.01 Å². The number of ether oxygens (including phenoxy) is 1. The van der Waals surface area contributed by atoms with Crippen molar-refractivity contribution in [2.45, 2.75) is 51.8 Å². The minimum absolute atomic E-state index is 0.193. The van der Waals surface area contributed by atoms with E-state index in [0.717, 1.165) is 15.8 Å². The van der Waals surface area contributed by atoms with Gasteiger partial charge in [-0.1, -0.05) is 32.9 Å². The second-order valence-corrected chi connectivity index (χ2v) is 11.8. The lowest BCUT2D eigenvalue weighted by molar-refractivity contribution is -0.119. The van der Waals surface area contributed by atoms with Gasteiger partial charge < -0.3 is 10.1 Å². The van der Waals surface area contributed by atoms with Crippen molar-refractivity contribution in [3.05, 3.63) is 53.2 Å². The van der Waals surface area contributed by atoms with Gasteiger partial charge in [-0.15, -0.1) is 11.3 Å². The van der Waals surface area contributed by atoms with Crippen LogP contribution in [0, 0.1) is 12.3 Å².